The van der Waals surface area contributed by atoms with Gasteiger partial charge in [-0.05, 0) is 48.2 Å². The monoisotopic (exact) mass is 404 g/mol. The molecule has 0 saturated carbocycles. The van der Waals surface area contributed by atoms with Crippen molar-refractivity contribution in [3.63, 3.8) is 0 Å². The Morgan fingerprint density at radius 1 is 1.07 bits per heavy atom. The molecule has 2 N–H and O–H groups in total. The van der Waals surface area contributed by atoms with Gasteiger partial charge in [-0.3, -0.25) is 4.79 Å². The normalized spacial score (nSPS) is 11.5. The Balaban J connectivity index is 1.87. The fourth-order valence-electron chi connectivity index (χ4n) is 2.68. The first-order valence-electron chi connectivity index (χ1n) is 9.19. The van der Waals surface area contributed by atoms with Crippen LogP contribution in [0.5, 0.6) is 5.75 Å². The van der Waals surface area contributed by atoms with Crippen molar-refractivity contribution in [2.75, 3.05) is 13.7 Å². The van der Waals surface area contributed by atoms with Gasteiger partial charge in [0.15, 0.2) is 6.61 Å². The number of ether oxygens (including phenoxy) is 1. The van der Waals surface area contributed by atoms with E-state index in [-0.39, 0.29) is 18.3 Å². The highest BCUT2D eigenvalue weighted by Gasteiger charge is 2.11. The van der Waals surface area contributed by atoms with E-state index in [1.54, 1.807) is 24.3 Å². The molecule has 0 saturated heterocycles. The van der Waals surface area contributed by atoms with Crippen LogP contribution in [0.4, 0.5) is 0 Å². The van der Waals surface area contributed by atoms with Gasteiger partial charge in [-0.15, -0.1) is 0 Å². The average Bonchev–Trinajstić information content (AvgIpc) is 2.65. The number of hydrogen-bond acceptors (Lipinski definition) is 4. The zero-order chi connectivity index (χ0) is 20.7. The first-order valence-corrected chi connectivity index (χ1v) is 10.8. The molecule has 0 fully saturated rings. The molecule has 0 aromatic heterocycles. The van der Waals surface area contributed by atoms with E-state index in [1.807, 2.05) is 25.1 Å². The molecule has 1 amide bonds. The van der Waals surface area contributed by atoms with Crippen molar-refractivity contribution in [2.45, 2.75) is 39.0 Å². The Labute approximate surface area is 167 Å². The lowest BCUT2D eigenvalue weighted by Gasteiger charge is -2.15. The Bertz CT molecular complexity index is 907. The van der Waals surface area contributed by atoms with Crippen LogP contribution in [0.1, 0.15) is 42.0 Å². The minimum atomic E-state index is -3.29. The number of rotatable bonds is 9. The van der Waals surface area contributed by atoms with Crippen LogP contribution in [0.25, 0.3) is 0 Å². The summed E-state index contributed by atoms with van der Waals surface area (Å²) in [7, 11) is -1.90. The van der Waals surface area contributed by atoms with Crippen LogP contribution < -0.4 is 14.8 Å². The Morgan fingerprint density at radius 2 is 1.71 bits per heavy atom. The second kappa shape index (κ2) is 9.71. The molecule has 0 atom stereocenters. The first kappa shape index (κ1) is 21.9. The number of benzene rings is 2. The predicted molar refractivity (Wildman–Crippen MR) is 111 cm³/mol. The summed E-state index contributed by atoms with van der Waals surface area (Å²) in [5, 5.41) is 2.82. The topological polar surface area (TPSA) is 84.5 Å². The lowest BCUT2D eigenvalue weighted by atomic mass is 10.0. The summed E-state index contributed by atoms with van der Waals surface area (Å²) < 4.78 is 31.1. The van der Waals surface area contributed by atoms with E-state index in [1.165, 1.54) is 7.05 Å². The number of nitrogens with one attached hydrogen (secondary N) is 2. The van der Waals surface area contributed by atoms with Crippen molar-refractivity contribution < 1.29 is 17.9 Å². The van der Waals surface area contributed by atoms with Gasteiger partial charge < -0.3 is 10.1 Å². The molecule has 0 aliphatic carbocycles. The van der Waals surface area contributed by atoms with E-state index in [4.69, 9.17) is 4.74 Å². The Morgan fingerprint density at radius 3 is 2.32 bits per heavy atom. The maximum atomic E-state index is 12.1. The molecule has 0 aliphatic heterocycles. The highest BCUT2D eigenvalue weighted by molar-refractivity contribution is 7.88. The van der Waals surface area contributed by atoms with Crippen LogP contribution in [-0.2, 0) is 27.1 Å². The summed E-state index contributed by atoms with van der Waals surface area (Å²) in [5.41, 5.74) is 3.73. The number of hydrogen-bond donors (Lipinski definition) is 2. The van der Waals surface area contributed by atoms with E-state index in [9.17, 15) is 13.2 Å². The zero-order valence-electron chi connectivity index (χ0n) is 16.8. The lowest BCUT2D eigenvalue weighted by Crippen LogP contribution is -2.28. The van der Waals surface area contributed by atoms with Gasteiger partial charge in [0.05, 0.1) is 5.75 Å². The van der Waals surface area contributed by atoms with Gasteiger partial charge in [0.25, 0.3) is 5.91 Å². The molecule has 152 valence electrons. The highest BCUT2D eigenvalue weighted by Crippen LogP contribution is 2.27. The molecule has 0 bridgehead atoms. The zero-order valence-corrected chi connectivity index (χ0v) is 17.6. The van der Waals surface area contributed by atoms with Crippen LogP contribution in [0, 0.1) is 6.92 Å². The number of carbonyl (C=O) groups is 1. The van der Waals surface area contributed by atoms with Crippen LogP contribution in [0.15, 0.2) is 42.5 Å². The van der Waals surface area contributed by atoms with Gasteiger partial charge in [-0.25, -0.2) is 13.1 Å². The summed E-state index contributed by atoms with van der Waals surface area (Å²) in [6, 6.07) is 13.1. The highest BCUT2D eigenvalue weighted by atomic mass is 32.2. The second-order valence-electron chi connectivity index (χ2n) is 7.04. The van der Waals surface area contributed by atoms with E-state index in [0.29, 0.717) is 18.0 Å². The van der Waals surface area contributed by atoms with Gasteiger partial charge in [0, 0.05) is 6.54 Å². The van der Waals surface area contributed by atoms with Crippen LogP contribution in [0.3, 0.4) is 0 Å². The van der Waals surface area contributed by atoms with E-state index < -0.39 is 10.0 Å². The van der Waals surface area contributed by atoms with Gasteiger partial charge >= 0.3 is 0 Å². The fourth-order valence-corrected chi connectivity index (χ4v) is 3.46. The molecule has 7 heteroatoms. The van der Waals surface area contributed by atoms with Gasteiger partial charge in [0.1, 0.15) is 5.75 Å². The minimum Gasteiger partial charge on any atom is -0.483 e. The molecule has 0 heterocycles. The molecule has 0 unspecified atom stereocenters. The third-order valence-electron chi connectivity index (χ3n) is 4.33. The summed E-state index contributed by atoms with van der Waals surface area (Å²) in [6.07, 6.45) is 0. The molecule has 2 rings (SSSR count). The molecule has 0 spiro atoms. The van der Waals surface area contributed by atoms with Crippen molar-refractivity contribution >= 4 is 15.9 Å². The van der Waals surface area contributed by atoms with Gasteiger partial charge in [0.2, 0.25) is 10.0 Å². The average molecular weight is 405 g/mol. The fraction of sp³-hybridized carbons (Fsp3) is 0.381. The lowest BCUT2D eigenvalue weighted by molar-refractivity contribution is -0.123. The Hall–Kier alpha value is -2.38. The van der Waals surface area contributed by atoms with E-state index >= 15 is 0 Å². The third-order valence-corrected chi connectivity index (χ3v) is 5.67. The molecule has 2 aromatic rings. The summed E-state index contributed by atoms with van der Waals surface area (Å²) in [6.45, 7) is 6.46. The summed E-state index contributed by atoms with van der Waals surface area (Å²) in [4.78, 5) is 12.1. The minimum absolute atomic E-state index is 0.0539. The van der Waals surface area contributed by atoms with Crippen molar-refractivity contribution in [3.05, 3.63) is 64.7 Å². The van der Waals surface area contributed by atoms with Crippen LogP contribution >= 0.6 is 0 Å². The molecule has 6 nitrogen and oxygen atoms in total. The predicted octanol–water partition coefficient (Wildman–Crippen LogP) is 2.86. The number of carbonyl (C=O) groups excluding carboxylic acids is 1. The maximum absolute atomic E-state index is 12.1. The smallest absolute Gasteiger partial charge is 0.258 e. The van der Waals surface area contributed by atoms with Crippen LogP contribution in [0.2, 0.25) is 0 Å². The van der Waals surface area contributed by atoms with Gasteiger partial charge in [-0.1, -0.05) is 50.2 Å². The van der Waals surface area contributed by atoms with Crippen molar-refractivity contribution in [1.82, 2.24) is 10.0 Å². The van der Waals surface area contributed by atoms with E-state index in [2.05, 4.69) is 23.9 Å². The quantitative estimate of drug-likeness (QED) is 0.673. The van der Waals surface area contributed by atoms with Gasteiger partial charge in [-0.2, -0.15) is 0 Å². The standard InChI is InChI=1S/C21H28N2O4S/c1-15(2)19-10-5-16(3)11-20(19)27-13-21(24)23-12-17-6-8-18(9-7-17)14-28(25,26)22-4/h5-11,15,22H,12-14H2,1-4H3,(H,23,24). The SMILES string of the molecule is CNS(=O)(=O)Cc1ccc(CNC(=O)COc2cc(C)ccc2C(C)C)cc1. The summed E-state index contributed by atoms with van der Waals surface area (Å²) in [5.74, 6) is 0.765. The van der Waals surface area contributed by atoms with E-state index in [0.717, 1.165) is 22.4 Å². The molecular formula is C21H28N2O4S. The molecule has 0 radical (unpaired) electrons. The summed E-state index contributed by atoms with van der Waals surface area (Å²) >= 11 is 0. The largest absolute Gasteiger partial charge is 0.483 e. The Kier molecular flexibility index (Phi) is 7.60. The van der Waals surface area contributed by atoms with Crippen LogP contribution in [-0.4, -0.2) is 28.0 Å². The number of sulfonamides is 1. The van der Waals surface area contributed by atoms with Crippen molar-refractivity contribution in [2.24, 2.45) is 0 Å². The number of amides is 1. The third kappa shape index (κ3) is 6.65. The maximum Gasteiger partial charge on any atom is 0.258 e. The molecular weight excluding hydrogens is 376 g/mol. The molecule has 0 aliphatic rings. The van der Waals surface area contributed by atoms with Crippen molar-refractivity contribution in [3.8, 4) is 5.75 Å². The number of aryl methyl sites for hydroxylation is 1. The van der Waals surface area contributed by atoms with Crippen molar-refractivity contribution in [1.29, 1.82) is 0 Å². The first-order chi connectivity index (χ1) is 13.2. The second-order valence-corrected chi connectivity index (χ2v) is 8.97. The molecule has 28 heavy (non-hydrogen) atoms. The molecule has 2 aromatic carbocycles.